The molecule has 2 atom stereocenters. The number of amides is 3. The van der Waals surface area contributed by atoms with Crippen molar-refractivity contribution in [3.05, 3.63) is 87.2 Å². The lowest BCUT2D eigenvalue weighted by Crippen LogP contribution is -2.31. The number of hydrogen-bond acceptors (Lipinski definition) is 3. The monoisotopic (exact) mass is 657 g/mol. The van der Waals surface area contributed by atoms with Gasteiger partial charge < -0.3 is 16.0 Å². The highest BCUT2D eigenvalue weighted by Gasteiger charge is 2.67. The van der Waals surface area contributed by atoms with E-state index in [0.717, 1.165) is 17.4 Å². The molecule has 6 nitrogen and oxygen atoms in total. The van der Waals surface area contributed by atoms with Crippen molar-refractivity contribution in [3.8, 4) is 0 Å². The molecule has 0 saturated heterocycles. The van der Waals surface area contributed by atoms with E-state index >= 15 is 0 Å². The summed E-state index contributed by atoms with van der Waals surface area (Å²) in [5, 5.41) is 5.22. The molecule has 1 fully saturated rings. The maximum absolute atomic E-state index is 14.7. The third kappa shape index (κ3) is 6.35. The molecule has 1 aliphatic carbocycles. The molecule has 0 aromatic heterocycles. The Labute approximate surface area is 246 Å². The minimum atomic E-state index is -5.43. The molecule has 0 spiro atoms. The normalized spacial score (nSPS) is 17.5. The Bertz CT molecular complexity index is 1580. The van der Waals surface area contributed by atoms with Crippen molar-refractivity contribution in [2.75, 3.05) is 16.0 Å². The molecule has 4 rings (SSSR count). The predicted molar refractivity (Wildman–Crippen MR) is 141 cm³/mol. The zero-order valence-electron chi connectivity index (χ0n) is 19.8. The summed E-state index contributed by atoms with van der Waals surface area (Å²) in [5.74, 6) is -10.1. The number of carbonyl (C=O) groups excluding carboxylic acids is 3. The van der Waals surface area contributed by atoms with Crippen molar-refractivity contribution in [2.45, 2.75) is 16.4 Å². The van der Waals surface area contributed by atoms with Crippen molar-refractivity contribution in [1.29, 1.82) is 0 Å². The van der Waals surface area contributed by atoms with E-state index in [1.165, 1.54) is 24.3 Å². The Morgan fingerprint density at radius 1 is 0.805 bits per heavy atom. The molecule has 3 N–H and O–H groups in total. The Morgan fingerprint density at radius 3 is 2.10 bits per heavy atom. The van der Waals surface area contributed by atoms with Gasteiger partial charge in [0.2, 0.25) is 5.91 Å². The van der Waals surface area contributed by atoms with Crippen LogP contribution in [0.5, 0.6) is 0 Å². The number of nitrogens with one attached hydrogen (secondary N) is 3. The van der Waals surface area contributed by atoms with Gasteiger partial charge in [-0.1, -0.05) is 29.3 Å². The Balaban J connectivity index is 1.52. The lowest BCUT2D eigenvalue weighted by Gasteiger charge is -2.14. The minimum absolute atomic E-state index is 0.0224. The number of benzene rings is 3. The minimum Gasteiger partial charge on any atom is -0.326 e. The molecule has 0 unspecified atom stereocenters. The average molecular weight is 659 g/mol. The second kappa shape index (κ2) is 11.2. The van der Waals surface area contributed by atoms with Crippen molar-refractivity contribution in [1.82, 2.24) is 0 Å². The fraction of sp³-hybridized carbons (Fsp3) is 0.160. The van der Waals surface area contributed by atoms with Crippen molar-refractivity contribution in [2.24, 2.45) is 5.92 Å². The van der Waals surface area contributed by atoms with Gasteiger partial charge in [-0.15, -0.1) is 23.2 Å². The maximum Gasteiger partial charge on any atom is 0.471 e. The van der Waals surface area contributed by atoms with Gasteiger partial charge in [-0.2, -0.15) is 13.2 Å². The van der Waals surface area contributed by atoms with Crippen LogP contribution in [0.15, 0.2) is 48.5 Å². The van der Waals surface area contributed by atoms with E-state index < -0.39 is 68.9 Å². The molecule has 1 aliphatic rings. The lowest BCUT2D eigenvalue weighted by atomic mass is 10.1. The number of hydrogen-bond donors (Lipinski definition) is 3. The zero-order valence-corrected chi connectivity index (χ0v) is 22.8. The summed E-state index contributed by atoms with van der Waals surface area (Å²) in [5.41, 5.74) is -2.12. The first-order valence-corrected chi connectivity index (χ1v) is 12.6. The van der Waals surface area contributed by atoms with E-state index in [4.69, 9.17) is 46.4 Å². The van der Waals surface area contributed by atoms with E-state index in [-0.39, 0.29) is 21.3 Å². The van der Waals surface area contributed by atoms with Crippen molar-refractivity contribution >= 4 is 81.2 Å². The van der Waals surface area contributed by atoms with Gasteiger partial charge in [0.15, 0.2) is 5.82 Å². The molecule has 0 aliphatic heterocycles. The highest BCUT2D eigenvalue weighted by atomic mass is 35.5. The molecule has 41 heavy (non-hydrogen) atoms. The van der Waals surface area contributed by atoms with Crippen LogP contribution in [0.3, 0.4) is 0 Å². The van der Waals surface area contributed by atoms with Crippen LogP contribution in [0, 0.1) is 23.4 Å². The van der Waals surface area contributed by atoms with Gasteiger partial charge in [0.05, 0.1) is 27.2 Å². The third-order valence-corrected chi connectivity index (χ3v) is 7.51. The maximum atomic E-state index is 14.7. The smallest absolute Gasteiger partial charge is 0.326 e. The average Bonchev–Trinajstić information content (AvgIpc) is 3.47. The number of anilines is 3. The first-order valence-electron chi connectivity index (χ1n) is 11.1. The first-order chi connectivity index (χ1) is 19.0. The SMILES string of the molecule is O=C(Nc1ccc(F)c(NC(=O)C(F)(F)F)c1F)c1cc(NC(=O)[C@H]2[C@H](c3ccc(F)c(Cl)c3)C2(Cl)Cl)ccc1Cl. The zero-order chi connectivity index (χ0) is 30.4. The molecular weight excluding hydrogens is 646 g/mol. The molecule has 3 amide bonds. The Kier molecular flexibility index (Phi) is 8.43. The van der Waals surface area contributed by atoms with E-state index in [2.05, 4.69) is 5.32 Å². The number of carbonyl (C=O) groups is 3. The molecule has 0 bridgehead atoms. The van der Waals surface area contributed by atoms with E-state index in [0.29, 0.717) is 17.7 Å². The van der Waals surface area contributed by atoms with Gasteiger partial charge in [0.25, 0.3) is 5.91 Å². The summed E-state index contributed by atoms with van der Waals surface area (Å²) < 4.78 is 78.2. The molecule has 1 saturated carbocycles. The largest absolute Gasteiger partial charge is 0.471 e. The van der Waals surface area contributed by atoms with Gasteiger partial charge in [0, 0.05) is 11.6 Å². The van der Waals surface area contributed by atoms with Crippen LogP contribution >= 0.6 is 46.4 Å². The second-order valence-corrected chi connectivity index (χ2v) is 10.9. The van der Waals surface area contributed by atoms with Crippen molar-refractivity contribution < 1.29 is 40.7 Å². The van der Waals surface area contributed by atoms with Crippen LogP contribution in [-0.2, 0) is 9.59 Å². The summed E-state index contributed by atoms with van der Waals surface area (Å²) in [6.07, 6.45) is -5.43. The fourth-order valence-electron chi connectivity index (χ4n) is 3.91. The summed E-state index contributed by atoms with van der Waals surface area (Å²) in [6.45, 7) is 0. The van der Waals surface area contributed by atoms with Crippen LogP contribution in [0.2, 0.25) is 10.0 Å². The summed E-state index contributed by atoms with van der Waals surface area (Å²) in [4.78, 5) is 36.9. The molecule has 216 valence electrons. The van der Waals surface area contributed by atoms with Crippen LogP contribution in [0.4, 0.5) is 43.4 Å². The predicted octanol–water partition coefficient (Wildman–Crippen LogP) is 7.69. The number of rotatable bonds is 6. The standard InChI is InChI=1S/C25H13Cl4F6N3O3/c26-12-3-2-10(36-22(40)18-17(24(18,28)29)9-1-4-14(30)13(27)7-9)8-11(12)21(39)37-16-6-5-15(31)20(19(16)32)38-23(41)25(33,34)35/h1-8,17-18H,(H,36,40)(H,37,39)(H,38,41)/t17-,18+/m0/s1. The molecule has 0 radical (unpaired) electrons. The van der Waals surface area contributed by atoms with Crippen LogP contribution in [-0.4, -0.2) is 28.2 Å². The quantitative estimate of drug-likeness (QED) is 0.188. The first kappa shape index (κ1) is 30.8. The third-order valence-electron chi connectivity index (χ3n) is 5.95. The summed E-state index contributed by atoms with van der Waals surface area (Å²) >= 11 is 24.4. The van der Waals surface area contributed by atoms with Gasteiger partial charge in [-0.25, -0.2) is 13.2 Å². The topological polar surface area (TPSA) is 87.3 Å². The van der Waals surface area contributed by atoms with Gasteiger partial charge in [-0.3, -0.25) is 14.4 Å². The van der Waals surface area contributed by atoms with Crippen LogP contribution < -0.4 is 16.0 Å². The fourth-order valence-corrected chi connectivity index (χ4v) is 5.13. The summed E-state index contributed by atoms with van der Waals surface area (Å²) in [7, 11) is 0. The molecular formula is C25H13Cl4F6N3O3. The second-order valence-electron chi connectivity index (χ2n) is 8.68. The molecule has 3 aromatic rings. The van der Waals surface area contributed by atoms with Gasteiger partial charge in [0.1, 0.15) is 21.7 Å². The number of halogens is 10. The number of alkyl halides is 5. The highest BCUT2D eigenvalue weighted by molar-refractivity contribution is 6.53. The lowest BCUT2D eigenvalue weighted by molar-refractivity contribution is -0.167. The van der Waals surface area contributed by atoms with Gasteiger partial charge in [-0.05, 0) is 48.0 Å². The van der Waals surface area contributed by atoms with E-state index in [9.17, 15) is 40.7 Å². The van der Waals surface area contributed by atoms with E-state index in [1.54, 1.807) is 0 Å². The van der Waals surface area contributed by atoms with Crippen LogP contribution in [0.1, 0.15) is 21.8 Å². The molecule has 0 heterocycles. The van der Waals surface area contributed by atoms with Crippen LogP contribution in [0.25, 0.3) is 0 Å². The molecule has 16 heteroatoms. The highest BCUT2D eigenvalue weighted by Crippen LogP contribution is 2.65. The van der Waals surface area contributed by atoms with Crippen molar-refractivity contribution in [3.63, 3.8) is 0 Å². The van der Waals surface area contributed by atoms with Gasteiger partial charge >= 0.3 is 12.1 Å². The summed E-state index contributed by atoms with van der Waals surface area (Å²) in [6, 6.07) is 8.60. The molecule has 3 aromatic carbocycles. The Morgan fingerprint density at radius 2 is 1.46 bits per heavy atom. The Hall–Kier alpha value is -3.19. The van der Waals surface area contributed by atoms with E-state index in [1.807, 2.05) is 5.32 Å².